The van der Waals surface area contributed by atoms with E-state index in [1.54, 1.807) is 19.2 Å². The third-order valence-corrected chi connectivity index (χ3v) is 3.50. The van der Waals surface area contributed by atoms with Crippen molar-refractivity contribution in [2.75, 3.05) is 32.5 Å². The first kappa shape index (κ1) is 13.2. The number of rotatable bonds is 4. The number of nitrogens with zero attached hydrogens (tertiary/aromatic N) is 1. The van der Waals surface area contributed by atoms with Gasteiger partial charge < -0.3 is 15.6 Å². The first-order valence-corrected chi connectivity index (χ1v) is 6.47. The van der Waals surface area contributed by atoms with E-state index >= 15 is 0 Å². The highest BCUT2D eigenvalue weighted by Crippen LogP contribution is 2.24. The summed E-state index contributed by atoms with van der Waals surface area (Å²) < 4.78 is 5.23. The van der Waals surface area contributed by atoms with Gasteiger partial charge in [0.2, 0.25) is 0 Å². The minimum atomic E-state index is 0.332. The van der Waals surface area contributed by atoms with E-state index in [-0.39, 0.29) is 0 Å². The first-order chi connectivity index (χ1) is 8.69. The lowest BCUT2D eigenvalue weighted by Crippen LogP contribution is -2.36. The zero-order chi connectivity index (χ0) is 13.0. The Kier molecular flexibility index (Phi) is 4.44. The van der Waals surface area contributed by atoms with Crippen molar-refractivity contribution < 1.29 is 9.84 Å². The largest absolute Gasteiger partial charge is 0.508 e. The number of nitrogens with two attached hydrogens (primary N) is 1. The van der Waals surface area contributed by atoms with E-state index in [4.69, 9.17) is 10.5 Å². The smallest absolute Gasteiger partial charge is 0.120 e. The van der Waals surface area contributed by atoms with Gasteiger partial charge in [0.1, 0.15) is 5.75 Å². The molecule has 0 saturated carbocycles. The number of phenols is 1. The molecule has 1 unspecified atom stereocenters. The average molecular weight is 250 g/mol. The Balaban J connectivity index is 1.98. The fourth-order valence-electron chi connectivity index (χ4n) is 2.64. The van der Waals surface area contributed by atoms with Gasteiger partial charge in [-0.05, 0) is 43.5 Å². The molecular weight excluding hydrogens is 228 g/mol. The summed E-state index contributed by atoms with van der Waals surface area (Å²) in [5.41, 5.74) is 7.37. The van der Waals surface area contributed by atoms with Crippen molar-refractivity contribution in [2.45, 2.75) is 19.4 Å². The predicted octanol–water partition coefficient (Wildman–Crippen LogP) is 1.83. The van der Waals surface area contributed by atoms with Crippen LogP contribution in [-0.4, -0.2) is 36.8 Å². The van der Waals surface area contributed by atoms with E-state index in [1.165, 1.54) is 12.8 Å². The van der Waals surface area contributed by atoms with Crippen molar-refractivity contribution in [3.63, 3.8) is 0 Å². The minimum Gasteiger partial charge on any atom is -0.508 e. The van der Waals surface area contributed by atoms with Crippen LogP contribution in [0, 0.1) is 5.92 Å². The molecule has 1 aliphatic rings. The Morgan fingerprint density at radius 2 is 2.33 bits per heavy atom. The molecule has 2 rings (SSSR count). The van der Waals surface area contributed by atoms with E-state index in [0.29, 0.717) is 17.4 Å². The van der Waals surface area contributed by atoms with Gasteiger partial charge in [0.15, 0.2) is 0 Å². The Labute approximate surface area is 108 Å². The molecule has 1 aromatic rings. The summed E-state index contributed by atoms with van der Waals surface area (Å²) in [4.78, 5) is 2.36. The number of hydrogen-bond acceptors (Lipinski definition) is 4. The summed E-state index contributed by atoms with van der Waals surface area (Å²) in [6.45, 7) is 3.69. The van der Waals surface area contributed by atoms with Crippen LogP contribution in [0.25, 0.3) is 0 Å². The lowest BCUT2D eigenvalue weighted by Gasteiger charge is -2.32. The number of aromatic hydroxyl groups is 1. The molecule has 0 aromatic heterocycles. The molecule has 3 N–H and O–H groups in total. The molecule has 1 fully saturated rings. The van der Waals surface area contributed by atoms with E-state index in [2.05, 4.69) is 4.90 Å². The SMILES string of the molecule is COCC1CCCN(Cc2cc(N)ccc2O)C1. The van der Waals surface area contributed by atoms with E-state index in [1.807, 2.05) is 6.07 Å². The molecule has 1 atom stereocenters. The predicted molar refractivity (Wildman–Crippen MR) is 72.4 cm³/mol. The van der Waals surface area contributed by atoms with Crippen molar-refractivity contribution >= 4 is 5.69 Å². The molecule has 1 aliphatic heterocycles. The van der Waals surface area contributed by atoms with Crippen molar-refractivity contribution in [3.8, 4) is 5.75 Å². The summed E-state index contributed by atoms with van der Waals surface area (Å²) in [6.07, 6.45) is 2.42. The molecule has 1 aromatic carbocycles. The number of nitrogen functional groups attached to an aromatic ring is 1. The topological polar surface area (TPSA) is 58.7 Å². The van der Waals surface area contributed by atoms with Crippen LogP contribution < -0.4 is 5.73 Å². The quantitative estimate of drug-likeness (QED) is 0.632. The van der Waals surface area contributed by atoms with Gasteiger partial charge in [-0.15, -0.1) is 0 Å². The number of benzene rings is 1. The zero-order valence-electron chi connectivity index (χ0n) is 10.9. The van der Waals surface area contributed by atoms with Crippen LogP contribution in [0.3, 0.4) is 0 Å². The third-order valence-electron chi connectivity index (χ3n) is 3.50. The van der Waals surface area contributed by atoms with E-state index in [0.717, 1.165) is 31.8 Å². The van der Waals surface area contributed by atoms with Crippen molar-refractivity contribution in [1.82, 2.24) is 4.90 Å². The van der Waals surface area contributed by atoms with Gasteiger partial charge in [0.25, 0.3) is 0 Å². The molecule has 18 heavy (non-hydrogen) atoms. The van der Waals surface area contributed by atoms with Crippen molar-refractivity contribution in [1.29, 1.82) is 0 Å². The van der Waals surface area contributed by atoms with Crippen LogP contribution in [0.2, 0.25) is 0 Å². The monoisotopic (exact) mass is 250 g/mol. The molecule has 1 saturated heterocycles. The van der Waals surface area contributed by atoms with Gasteiger partial charge in [-0.2, -0.15) is 0 Å². The average Bonchev–Trinajstić information content (AvgIpc) is 2.35. The molecule has 0 radical (unpaired) electrons. The zero-order valence-corrected chi connectivity index (χ0v) is 10.9. The van der Waals surface area contributed by atoms with E-state index in [9.17, 15) is 5.11 Å². The van der Waals surface area contributed by atoms with Gasteiger partial charge in [-0.3, -0.25) is 4.90 Å². The van der Waals surface area contributed by atoms with Crippen LogP contribution in [0.4, 0.5) is 5.69 Å². The number of phenolic OH excluding ortho intramolecular Hbond substituents is 1. The fraction of sp³-hybridized carbons (Fsp3) is 0.571. The number of likely N-dealkylation sites (tertiary alicyclic amines) is 1. The lowest BCUT2D eigenvalue weighted by atomic mass is 9.98. The highest BCUT2D eigenvalue weighted by Gasteiger charge is 2.20. The van der Waals surface area contributed by atoms with Gasteiger partial charge in [0, 0.05) is 31.5 Å². The van der Waals surface area contributed by atoms with Crippen LogP contribution in [0.5, 0.6) is 5.75 Å². The Hall–Kier alpha value is -1.26. The molecule has 0 bridgehead atoms. The summed E-state index contributed by atoms with van der Waals surface area (Å²) in [5.74, 6) is 0.935. The first-order valence-electron chi connectivity index (χ1n) is 6.47. The second-order valence-corrected chi connectivity index (χ2v) is 5.09. The maximum Gasteiger partial charge on any atom is 0.120 e. The fourth-order valence-corrected chi connectivity index (χ4v) is 2.64. The Bertz CT molecular complexity index is 393. The summed E-state index contributed by atoms with van der Waals surface area (Å²) in [6, 6.07) is 5.25. The van der Waals surface area contributed by atoms with Crippen LogP contribution in [0.1, 0.15) is 18.4 Å². The molecular formula is C14H22N2O2. The number of ether oxygens (including phenoxy) is 1. The van der Waals surface area contributed by atoms with Gasteiger partial charge in [-0.1, -0.05) is 0 Å². The molecule has 0 amide bonds. The highest BCUT2D eigenvalue weighted by molar-refractivity contribution is 5.47. The van der Waals surface area contributed by atoms with Gasteiger partial charge >= 0.3 is 0 Å². The maximum atomic E-state index is 9.83. The Morgan fingerprint density at radius 3 is 3.11 bits per heavy atom. The van der Waals surface area contributed by atoms with Gasteiger partial charge in [-0.25, -0.2) is 0 Å². The minimum absolute atomic E-state index is 0.332. The normalized spacial score (nSPS) is 21.1. The van der Waals surface area contributed by atoms with Crippen molar-refractivity contribution in [3.05, 3.63) is 23.8 Å². The maximum absolute atomic E-state index is 9.83. The standard InChI is InChI=1S/C14H22N2O2/c1-18-10-11-3-2-6-16(8-11)9-12-7-13(15)4-5-14(12)17/h4-5,7,11,17H,2-3,6,8-10,15H2,1H3. The number of hydrogen-bond donors (Lipinski definition) is 2. The molecule has 4 heteroatoms. The Morgan fingerprint density at radius 1 is 1.50 bits per heavy atom. The molecule has 0 spiro atoms. The summed E-state index contributed by atoms with van der Waals surface area (Å²) in [7, 11) is 1.75. The third kappa shape index (κ3) is 3.37. The van der Waals surface area contributed by atoms with Crippen molar-refractivity contribution in [2.24, 2.45) is 5.92 Å². The lowest BCUT2D eigenvalue weighted by molar-refractivity contribution is 0.0870. The van der Waals surface area contributed by atoms with E-state index < -0.39 is 0 Å². The van der Waals surface area contributed by atoms with Gasteiger partial charge in [0.05, 0.1) is 6.61 Å². The van der Waals surface area contributed by atoms with Crippen LogP contribution in [0.15, 0.2) is 18.2 Å². The number of anilines is 1. The summed E-state index contributed by atoms with van der Waals surface area (Å²) >= 11 is 0. The van der Waals surface area contributed by atoms with Crippen LogP contribution >= 0.6 is 0 Å². The molecule has 1 heterocycles. The number of methoxy groups -OCH3 is 1. The van der Waals surface area contributed by atoms with Crippen LogP contribution in [-0.2, 0) is 11.3 Å². The summed E-state index contributed by atoms with van der Waals surface area (Å²) in [5, 5.41) is 9.83. The molecule has 4 nitrogen and oxygen atoms in total. The molecule has 100 valence electrons. The highest BCUT2D eigenvalue weighted by atomic mass is 16.5. The molecule has 0 aliphatic carbocycles. The number of piperidine rings is 1. The second-order valence-electron chi connectivity index (χ2n) is 5.09. The second kappa shape index (κ2) is 6.07.